The summed E-state index contributed by atoms with van der Waals surface area (Å²) in [6, 6.07) is 10.4. The maximum Gasteiger partial charge on any atom is 0.198 e. The van der Waals surface area contributed by atoms with Crippen molar-refractivity contribution in [3.8, 4) is 5.75 Å². The van der Waals surface area contributed by atoms with E-state index in [9.17, 15) is 9.59 Å². The number of benzene rings is 2. The molecule has 0 spiro atoms. The Labute approximate surface area is 126 Å². The van der Waals surface area contributed by atoms with Gasteiger partial charge in [-0.05, 0) is 19.1 Å². The molecule has 0 atom stereocenters. The first kappa shape index (κ1) is 12.8. The Bertz CT molecular complexity index is 963. The van der Waals surface area contributed by atoms with Crippen LogP contribution in [0.5, 0.6) is 5.75 Å². The van der Waals surface area contributed by atoms with E-state index in [1.54, 1.807) is 30.3 Å². The summed E-state index contributed by atoms with van der Waals surface area (Å²) in [5, 5.41) is 0.758. The number of furan rings is 1. The first-order valence-corrected chi connectivity index (χ1v) is 6.91. The monoisotopic (exact) mass is 292 g/mol. The molecule has 108 valence electrons. The number of hydrogen-bond acceptors (Lipinski definition) is 4. The summed E-state index contributed by atoms with van der Waals surface area (Å²) >= 11 is 0. The van der Waals surface area contributed by atoms with Gasteiger partial charge in [-0.3, -0.25) is 9.59 Å². The van der Waals surface area contributed by atoms with Crippen molar-refractivity contribution in [1.82, 2.24) is 0 Å². The molecule has 0 saturated carbocycles. The van der Waals surface area contributed by atoms with Gasteiger partial charge in [0.25, 0.3) is 0 Å². The fourth-order valence-electron chi connectivity index (χ4n) is 3.04. The van der Waals surface area contributed by atoms with E-state index in [-0.39, 0.29) is 17.1 Å². The minimum Gasteiger partial charge on any atom is -0.496 e. The SMILES string of the molecule is COc1cc2cc(C)oc2c2c1C(=O)c1ccccc1C2=O. The first-order chi connectivity index (χ1) is 10.6. The average molecular weight is 292 g/mol. The molecule has 4 nitrogen and oxygen atoms in total. The fourth-order valence-corrected chi connectivity index (χ4v) is 3.04. The largest absolute Gasteiger partial charge is 0.496 e. The molecule has 4 heteroatoms. The molecule has 0 N–H and O–H groups in total. The summed E-state index contributed by atoms with van der Waals surface area (Å²) in [5.74, 6) is 0.669. The normalized spacial score (nSPS) is 13.2. The van der Waals surface area contributed by atoms with E-state index in [0.717, 1.165) is 5.39 Å². The van der Waals surface area contributed by atoms with Crippen LogP contribution < -0.4 is 4.74 Å². The standard InChI is InChI=1S/C18H12O4/c1-9-7-10-8-13(21-2)14-15(18(10)22-9)17(20)12-6-4-3-5-11(12)16(14)19/h3-8H,1-2H3. The molecule has 1 aromatic heterocycles. The zero-order valence-electron chi connectivity index (χ0n) is 12.1. The summed E-state index contributed by atoms with van der Waals surface area (Å²) < 4.78 is 11.0. The van der Waals surface area contributed by atoms with Crippen molar-refractivity contribution in [3.05, 3.63) is 64.4 Å². The van der Waals surface area contributed by atoms with Crippen molar-refractivity contribution in [3.63, 3.8) is 0 Å². The fraction of sp³-hybridized carbons (Fsp3) is 0.111. The number of aryl methyl sites for hydroxylation is 1. The summed E-state index contributed by atoms with van der Waals surface area (Å²) in [4.78, 5) is 25.7. The number of ketones is 2. The van der Waals surface area contributed by atoms with E-state index < -0.39 is 0 Å². The van der Waals surface area contributed by atoms with Gasteiger partial charge in [0.2, 0.25) is 0 Å². The molecule has 0 radical (unpaired) electrons. The van der Waals surface area contributed by atoms with Crippen molar-refractivity contribution in [2.45, 2.75) is 6.92 Å². The van der Waals surface area contributed by atoms with Gasteiger partial charge < -0.3 is 9.15 Å². The lowest BCUT2D eigenvalue weighted by Gasteiger charge is -2.19. The third-order valence-corrected chi connectivity index (χ3v) is 3.98. The third kappa shape index (κ3) is 1.52. The topological polar surface area (TPSA) is 56.5 Å². The summed E-state index contributed by atoms with van der Waals surface area (Å²) in [6.45, 7) is 1.81. The van der Waals surface area contributed by atoms with Gasteiger partial charge in [0.1, 0.15) is 17.1 Å². The molecule has 0 unspecified atom stereocenters. The van der Waals surface area contributed by atoms with Gasteiger partial charge >= 0.3 is 0 Å². The van der Waals surface area contributed by atoms with Gasteiger partial charge in [-0.2, -0.15) is 0 Å². The van der Waals surface area contributed by atoms with Crippen LogP contribution in [-0.2, 0) is 0 Å². The zero-order valence-corrected chi connectivity index (χ0v) is 12.1. The van der Waals surface area contributed by atoms with E-state index >= 15 is 0 Å². The van der Waals surface area contributed by atoms with Crippen LogP contribution in [0.1, 0.15) is 37.6 Å². The second-order valence-corrected chi connectivity index (χ2v) is 5.31. The van der Waals surface area contributed by atoms with Crippen LogP contribution in [0.25, 0.3) is 11.0 Å². The smallest absolute Gasteiger partial charge is 0.198 e. The van der Waals surface area contributed by atoms with Gasteiger partial charge in [0, 0.05) is 16.5 Å². The Hall–Kier alpha value is -2.88. The van der Waals surface area contributed by atoms with Crippen molar-refractivity contribution in [2.75, 3.05) is 7.11 Å². The van der Waals surface area contributed by atoms with Crippen molar-refractivity contribution in [1.29, 1.82) is 0 Å². The highest BCUT2D eigenvalue weighted by molar-refractivity contribution is 6.32. The predicted molar refractivity (Wildman–Crippen MR) is 80.8 cm³/mol. The molecule has 0 saturated heterocycles. The maximum atomic E-state index is 12.9. The molecular formula is C18H12O4. The molecule has 0 aliphatic heterocycles. The Morgan fingerprint density at radius 3 is 2.23 bits per heavy atom. The Morgan fingerprint density at radius 2 is 1.59 bits per heavy atom. The van der Waals surface area contributed by atoms with Crippen molar-refractivity contribution >= 4 is 22.5 Å². The van der Waals surface area contributed by atoms with Crippen LogP contribution in [-0.4, -0.2) is 18.7 Å². The van der Waals surface area contributed by atoms with Crippen molar-refractivity contribution < 1.29 is 18.7 Å². The zero-order chi connectivity index (χ0) is 15.4. The molecule has 0 bridgehead atoms. The van der Waals surface area contributed by atoms with Gasteiger partial charge in [-0.1, -0.05) is 24.3 Å². The molecule has 2 aromatic carbocycles. The summed E-state index contributed by atoms with van der Waals surface area (Å²) in [6.07, 6.45) is 0. The molecule has 0 amide bonds. The highest BCUT2D eigenvalue weighted by atomic mass is 16.5. The van der Waals surface area contributed by atoms with E-state index in [1.807, 2.05) is 13.0 Å². The number of fused-ring (bicyclic) bond motifs is 4. The summed E-state index contributed by atoms with van der Waals surface area (Å²) in [5.41, 5.74) is 1.84. The molecule has 3 aromatic rings. The predicted octanol–water partition coefficient (Wildman–Crippen LogP) is 3.53. The minimum atomic E-state index is -0.210. The number of carbonyl (C=O) groups excluding carboxylic acids is 2. The van der Waals surface area contributed by atoms with Crippen LogP contribution in [0, 0.1) is 6.92 Å². The van der Waals surface area contributed by atoms with E-state index in [0.29, 0.717) is 33.8 Å². The number of methoxy groups -OCH3 is 1. The molecule has 1 aliphatic rings. The molecule has 22 heavy (non-hydrogen) atoms. The van der Waals surface area contributed by atoms with Gasteiger partial charge in [0.15, 0.2) is 11.6 Å². The Kier molecular flexibility index (Phi) is 2.51. The second-order valence-electron chi connectivity index (χ2n) is 5.31. The highest BCUT2D eigenvalue weighted by Crippen LogP contribution is 2.39. The second kappa shape index (κ2) is 4.31. The molecule has 1 aliphatic carbocycles. The van der Waals surface area contributed by atoms with Crippen LogP contribution in [0.2, 0.25) is 0 Å². The van der Waals surface area contributed by atoms with Crippen molar-refractivity contribution in [2.24, 2.45) is 0 Å². The van der Waals surface area contributed by atoms with Crippen LogP contribution >= 0.6 is 0 Å². The number of ether oxygens (including phenoxy) is 1. The molecule has 4 rings (SSSR count). The lowest BCUT2D eigenvalue weighted by Crippen LogP contribution is -2.21. The lowest BCUT2D eigenvalue weighted by molar-refractivity contribution is 0.0977. The number of hydrogen-bond donors (Lipinski definition) is 0. The van der Waals surface area contributed by atoms with Gasteiger partial charge in [-0.25, -0.2) is 0 Å². The quantitative estimate of drug-likeness (QED) is 0.538. The van der Waals surface area contributed by atoms with Gasteiger partial charge in [-0.15, -0.1) is 0 Å². The molecule has 0 fully saturated rings. The van der Waals surface area contributed by atoms with E-state index in [2.05, 4.69) is 0 Å². The number of rotatable bonds is 1. The minimum absolute atomic E-state index is 0.205. The van der Waals surface area contributed by atoms with Crippen LogP contribution in [0.15, 0.2) is 40.8 Å². The first-order valence-electron chi connectivity index (χ1n) is 6.91. The molecular weight excluding hydrogens is 280 g/mol. The Morgan fingerprint density at radius 1 is 0.955 bits per heavy atom. The van der Waals surface area contributed by atoms with Gasteiger partial charge in [0.05, 0.1) is 18.2 Å². The third-order valence-electron chi connectivity index (χ3n) is 3.98. The molecule has 1 heterocycles. The maximum absolute atomic E-state index is 12.9. The van der Waals surface area contributed by atoms with E-state index in [1.165, 1.54) is 7.11 Å². The summed E-state index contributed by atoms with van der Waals surface area (Å²) in [7, 11) is 1.49. The highest BCUT2D eigenvalue weighted by Gasteiger charge is 2.35. The number of carbonyl (C=O) groups is 2. The van der Waals surface area contributed by atoms with Crippen LogP contribution in [0.3, 0.4) is 0 Å². The average Bonchev–Trinajstić information content (AvgIpc) is 2.90. The Balaban J connectivity index is 2.17. The lowest BCUT2D eigenvalue weighted by atomic mass is 9.83. The van der Waals surface area contributed by atoms with Crippen LogP contribution in [0.4, 0.5) is 0 Å². The van der Waals surface area contributed by atoms with E-state index in [4.69, 9.17) is 9.15 Å².